The summed E-state index contributed by atoms with van der Waals surface area (Å²) in [4.78, 5) is 14.4. The summed E-state index contributed by atoms with van der Waals surface area (Å²) in [5, 5.41) is 13.5. The lowest BCUT2D eigenvalue weighted by Gasteiger charge is -2.13. The number of allylic oxidation sites excluding steroid dienone is 2. The first kappa shape index (κ1) is 14.7. The minimum Gasteiger partial charge on any atom is -0.361 e. The molecule has 0 bridgehead atoms. The van der Waals surface area contributed by atoms with E-state index in [9.17, 15) is 10.1 Å². The van der Waals surface area contributed by atoms with Crippen molar-refractivity contribution in [2.24, 2.45) is 0 Å². The molecular formula is C20H18N2O2. The van der Waals surface area contributed by atoms with Crippen LogP contribution in [0.2, 0.25) is 0 Å². The Kier molecular flexibility index (Phi) is 3.65. The van der Waals surface area contributed by atoms with E-state index in [0.717, 1.165) is 34.9 Å². The van der Waals surface area contributed by atoms with Crippen LogP contribution in [0.4, 0.5) is 0 Å². The number of fused-ring (bicyclic) bond motifs is 2. The van der Waals surface area contributed by atoms with Gasteiger partial charge in [0, 0.05) is 22.7 Å². The molecule has 4 rings (SSSR count). The van der Waals surface area contributed by atoms with Gasteiger partial charge < -0.3 is 4.98 Å². The van der Waals surface area contributed by atoms with Gasteiger partial charge in [0.25, 0.3) is 0 Å². The zero-order valence-electron chi connectivity index (χ0n) is 13.2. The van der Waals surface area contributed by atoms with E-state index in [0.29, 0.717) is 0 Å². The van der Waals surface area contributed by atoms with Crippen molar-refractivity contribution < 1.29 is 4.92 Å². The molecule has 0 aliphatic heterocycles. The van der Waals surface area contributed by atoms with Crippen LogP contribution in [0.15, 0.2) is 60.7 Å². The molecule has 1 aliphatic carbocycles. The third-order valence-corrected chi connectivity index (χ3v) is 4.72. The molecule has 4 heteroatoms. The Bertz CT molecular complexity index is 914. The molecule has 2 aromatic carbocycles. The molecule has 3 aromatic rings. The lowest BCUT2D eigenvalue weighted by atomic mass is 9.93. The van der Waals surface area contributed by atoms with Gasteiger partial charge in [0.05, 0.1) is 5.92 Å². The Hall–Kier alpha value is -2.88. The minimum atomic E-state index is -0.254. The van der Waals surface area contributed by atoms with Gasteiger partial charge in [-0.1, -0.05) is 54.6 Å². The van der Waals surface area contributed by atoms with Crippen molar-refractivity contribution in [3.8, 4) is 0 Å². The number of rotatable bonds is 4. The van der Waals surface area contributed by atoms with Crippen LogP contribution in [-0.4, -0.2) is 16.5 Å². The molecule has 4 nitrogen and oxygen atoms in total. The van der Waals surface area contributed by atoms with Crippen LogP contribution in [0.25, 0.3) is 10.8 Å². The molecule has 0 amide bonds. The zero-order valence-corrected chi connectivity index (χ0v) is 13.2. The van der Waals surface area contributed by atoms with Gasteiger partial charge >= 0.3 is 0 Å². The zero-order chi connectivity index (χ0) is 16.5. The Balaban J connectivity index is 1.77. The molecule has 0 saturated heterocycles. The third kappa shape index (κ3) is 2.71. The summed E-state index contributed by atoms with van der Waals surface area (Å²) in [6.07, 6.45) is 6.06. The van der Waals surface area contributed by atoms with Crippen LogP contribution in [0.5, 0.6) is 0 Å². The van der Waals surface area contributed by atoms with Gasteiger partial charge in [-0.05, 0) is 34.4 Å². The van der Waals surface area contributed by atoms with Crippen molar-refractivity contribution in [1.29, 1.82) is 0 Å². The molecule has 0 spiro atoms. The first-order valence-corrected chi connectivity index (χ1v) is 8.17. The molecular weight excluding hydrogens is 300 g/mol. The van der Waals surface area contributed by atoms with Crippen molar-refractivity contribution in [1.82, 2.24) is 4.98 Å². The summed E-state index contributed by atoms with van der Waals surface area (Å²) in [6.45, 7) is -0.106. The summed E-state index contributed by atoms with van der Waals surface area (Å²) in [6, 6.07) is 16.3. The van der Waals surface area contributed by atoms with Crippen LogP contribution in [0.3, 0.4) is 0 Å². The smallest absolute Gasteiger partial charge is 0.216 e. The van der Waals surface area contributed by atoms with Crippen LogP contribution in [-0.2, 0) is 12.8 Å². The maximum Gasteiger partial charge on any atom is 0.216 e. The summed E-state index contributed by atoms with van der Waals surface area (Å²) < 4.78 is 0. The number of aromatic nitrogens is 1. The maximum absolute atomic E-state index is 11.2. The number of nitrogens with one attached hydrogen (secondary N) is 1. The standard InChI is InChI=1S/C20H18N2O2/c23-22(24)13-18(20-12-17-7-3-4-8-19(17)21-20)16-10-9-14-5-1-2-6-15(14)11-16/h1-6,9-12,18,21H,7-8,13H2/t18-/m0/s1. The highest BCUT2D eigenvalue weighted by atomic mass is 16.6. The normalized spacial score (nSPS) is 14.5. The lowest BCUT2D eigenvalue weighted by Crippen LogP contribution is -2.14. The lowest BCUT2D eigenvalue weighted by molar-refractivity contribution is -0.481. The molecule has 0 unspecified atom stereocenters. The second-order valence-corrected chi connectivity index (χ2v) is 6.28. The van der Waals surface area contributed by atoms with Crippen LogP contribution >= 0.6 is 0 Å². The average Bonchev–Trinajstić information content (AvgIpc) is 3.03. The second-order valence-electron chi connectivity index (χ2n) is 6.28. The van der Waals surface area contributed by atoms with Crippen LogP contribution in [0, 0.1) is 10.1 Å². The predicted molar refractivity (Wildman–Crippen MR) is 95.0 cm³/mol. The molecule has 1 N–H and O–H groups in total. The van der Waals surface area contributed by atoms with E-state index in [1.165, 1.54) is 11.3 Å². The number of nitro groups is 1. The first-order valence-electron chi connectivity index (χ1n) is 8.17. The van der Waals surface area contributed by atoms with E-state index in [-0.39, 0.29) is 17.4 Å². The number of hydrogen-bond donors (Lipinski definition) is 1. The quantitative estimate of drug-likeness (QED) is 0.444. The summed E-state index contributed by atoms with van der Waals surface area (Å²) in [7, 11) is 0. The number of aromatic amines is 1. The molecule has 24 heavy (non-hydrogen) atoms. The van der Waals surface area contributed by atoms with Gasteiger partial charge in [0.1, 0.15) is 0 Å². The van der Waals surface area contributed by atoms with E-state index >= 15 is 0 Å². The minimum absolute atomic E-state index is 0.106. The molecule has 0 fully saturated rings. The maximum atomic E-state index is 11.2. The van der Waals surface area contributed by atoms with Gasteiger partial charge in [-0.15, -0.1) is 0 Å². The highest BCUT2D eigenvalue weighted by molar-refractivity contribution is 5.83. The molecule has 120 valence electrons. The fraction of sp³-hybridized carbons (Fsp3) is 0.200. The van der Waals surface area contributed by atoms with Crippen molar-refractivity contribution in [3.63, 3.8) is 0 Å². The highest BCUT2D eigenvalue weighted by Gasteiger charge is 2.24. The van der Waals surface area contributed by atoms with Gasteiger partial charge in [-0.2, -0.15) is 0 Å². The van der Waals surface area contributed by atoms with Gasteiger partial charge in [0.2, 0.25) is 6.54 Å². The van der Waals surface area contributed by atoms with Crippen LogP contribution in [0.1, 0.15) is 28.4 Å². The molecule has 1 heterocycles. The van der Waals surface area contributed by atoms with Crippen molar-refractivity contribution in [3.05, 3.63) is 93.3 Å². The fourth-order valence-corrected chi connectivity index (χ4v) is 3.49. The summed E-state index contributed by atoms with van der Waals surface area (Å²) >= 11 is 0. The Morgan fingerprint density at radius 3 is 2.62 bits per heavy atom. The van der Waals surface area contributed by atoms with Gasteiger partial charge in [-0.25, -0.2) is 0 Å². The monoisotopic (exact) mass is 318 g/mol. The molecule has 1 aliphatic rings. The van der Waals surface area contributed by atoms with E-state index in [2.05, 4.69) is 35.3 Å². The van der Waals surface area contributed by atoms with Gasteiger partial charge in [-0.3, -0.25) is 10.1 Å². The SMILES string of the molecule is O=[N+]([O-])C[C@@H](c1ccc2ccccc2c1)c1cc2c([nH]1)CC=CC2. The third-order valence-electron chi connectivity index (χ3n) is 4.72. The average molecular weight is 318 g/mol. The Labute approximate surface area is 140 Å². The number of nitrogens with zero attached hydrogens (tertiary/aromatic N) is 1. The van der Waals surface area contributed by atoms with Crippen molar-refractivity contribution >= 4 is 10.8 Å². The van der Waals surface area contributed by atoms with Gasteiger partial charge in [0.15, 0.2) is 0 Å². The molecule has 0 radical (unpaired) electrons. The Morgan fingerprint density at radius 2 is 1.83 bits per heavy atom. The fourth-order valence-electron chi connectivity index (χ4n) is 3.49. The van der Waals surface area contributed by atoms with Crippen LogP contribution < -0.4 is 0 Å². The predicted octanol–water partition coefficient (Wildman–Crippen LogP) is 4.23. The largest absolute Gasteiger partial charge is 0.361 e. The number of hydrogen-bond acceptors (Lipinski definition) is 2. The van der Waals surface area contributed by atoms with E-state index in [1.807, 2.05) is 30.3 Å². The second kappa shape index (κ2) is 5.96. The summed E-state index contributed by atoms with van der Waals surface area (Å²) in [5.41, 5.74) is 4.36. The topological polar surface area (TPSA) is 58.9 Å². The number of H-pyrrole nitrogens is 1. The van der Waals surface area contributed by atoms with Crippen molar-refractivity contribution in [2.75, 3.05) is 6.54 Å². The molecule has 1 aromatic heterocycles. The first-order chi connectivity index (χ1) is 11.7. The molecule has 1 atom stereocenters. The molecule has 0 saturated carbocycles. The van der Waals surface area contributed by atoms with Crippen molar-refractivity contribution in [2.45, 2.75) is 18.8 Å². The highest BCUT2D eigenvalue weighted by Crippen LogP contribution is 2.30. The Morgan fingerprint density at radius 1 is 1.04 bits per heavy atom. The van der Waals surface area contributed by atoms with E-state index < -0.39 is 0 Å². The number of benzene rings is 2. The summed E-state index contributed by atoms with van der Waals surface area (Å²) in [5.74, 6) is -0.254. The van der Waals surface area contributed by atoms with E-state index in [4.69, 9.17) is 0 Å². The van der Waals surface area contributed by atoms with E-state index in [1.54, 1.807) is 0 Å².